The summed E-state index contributed by atoms with van der Waals surface area (Å²) in [5.74, 6) is 0. The Morgan fingerprint density at radius 2 is 2.00 bits per heavy atom. The number of aromatic nitrogens is 4. The molecule has 49 valence electrons. The quantitative estimate of drug-likeness (QED) is 0.647. The SMILES string of the molecule is [CH3][Sn]([CH3])([CH3])[n]1[c]nnn1. The van der Waals surface area contributed by atoms with Gasteiger partial charge in [-0.1, -0.05) is 0 Å². The first kappa shape index (κ1) is 6.98. The average Bonchev–Trinajstić information content (AvgIpc) is 2.08. The molecule has 9 heavy (non-hydrogen) atoms. The van der Waals surface area contributed by atoms with E-state index < -0.39 is 18.7 Å². The topological polar surface area (TPSA) is 43.6 Å². The summed E-state index contributed by atoms with van der Waals surface area (Å²) in [4.78, 5) is 6.67. The van der Waals surface area contributed by atoms with Crippen LogP contribution in [0, 0.1) is 6.33 Å². The standard InChI is InChI=1S/CN4.3CH3.Sn/c1-2-4-5-3-1;;;;/h;3*1H3;/q-1;;;;+1. The van der Waals surface area contributed by atoms with Gasteiger partial charge in [-0.15, -0.1) is 0 Å². The van der Waals surface area contributed by atoms with Crippen molar-refractivity contribution in [2.24, 2.45) is 0 Å². The number of nitrogens with zero attached hydrogens (tertiary/aromatic N) is 4. The molecule has 4 nitrogen and oxygen atoms in total. The van der Waals surface area contributed by atoms with Crippen LogP contribution in [-0.4, -0.2) is 37.1 Å². The predicted molar refractivity (Wildman–Crippen MR) is 35.4 cm³/mol. The van der Waals surface area contributed by atoms with E-state index in [1.54, 1.807) is 2.90 Å². The van der Waals surface area contributed by atoms with Crippen molar-refractivity contribution in [2.45, 2.75) is 14.8 Å². The predicted octanol–water partition coefficient (Wildman–Crippen LogP) is 0.156. The molecule has 0 amide bonds. The van der Waals surface area contributed by atoms with Crippen molar-refractivity contribution in [3.8, 4) is 0 Å². The summed E-state index contributed by atoms with van der Waals surface area (Å²) < 4.78 is 1.80. The van der Waals surface area contributed by atoms with Crippen LogP contribution in [0.25, 0.3) is 0 Å². The summed E-state index contributed by atoms with van der Waals surface area (Å²) in [6.45, 7) is 0. The molecule has 0 aliphatic rings. The Morgan fingerprint density at radius 3 is 2.22 bits per heavy atom. The zero-order valence-corrected chi connectivity index (χ0v) is 8.64. The molecule has 1 radical (unpaired) electrons. The molecule has 0 saturated heterocycles. The van der Waals surface area contributed by atoms with Crippen LogP contribution >= 0.6 is 0 Å². The van der Waals surface area contributed by atoms with Gasteiger partial charge in [0.1, 0.15) is 0 Å². The Labute approximate surface area is 58.5 Å². The van der Waals surface area contributed by atoms with E-state index in [-0.39, 0.29) is 0 Å². The van der Waals surface area contributed by atoms with Crippen LogP contribution in [0.15, 0.2) is 0 Å². The molecule has 0 aliphatic heterocycles. The monoisotopic (exact) mass is 233 g/mol. The van der Waals surface area contributed by atoms with E-state index in [1.165, 1.54) is 0 Å². The molecule has 1 rings (SSSR count). The number of rotatable bonds is 1. The number of hydrogen-bond acceptors (Lipinski definition) is 3. The van der Waals surface area contributed by atoms with E-state index in [4.69, 9.17) is 0 Å². The normalized spacial score (nSPS) is 11.9. The summed E-state index contributed by atoms with van der Waals surface area (Å²) in [7, 11) is 0. The molecule has 0 bridgehead atoms. The van der Waals surface area contributed by atoms with E-state index in [0.29, 0.717) is 0 Å². The minimum absolute atomic E-state index is 1.80. The number of hydrogen-bond donors (Lipinski definition) is 0. The Morgan fingerprint density at radius 1 is 1.33 bits per heavy atom. The van der Waals surface area contributed by atoms with Crippen LogP contribution < -0.4 is 0 Å². The summed E-state index contributed by atoms with van der Waals surface area (Å²) >= 11 is -2.02. The van der Waals surface area contributed by atoms with Gasteiger partial charge in [0, 0.05) is 0 Å². The molecule has 0 aromatic carbocycles. The van der Waals surface area contributed by atoms with Gasteiger partial charge in [0.05, 0.1) is 0 Å². The molecule has 0 saturated carbocycles. The Balaban J connectivity index is 2.90. The van der Waals surface area contributed by atoms with E-state index in [1.807, 2.05) is 0 Å². The van der Waals surface area contributed by atoms with Crippen LogP contribution in [0.3, 0.4) is 0 Å². The molecular weight excluding hydrogens is 223 g/mol. The van der Waals surface area contributed by atoms with Crippen molar-refractivity contribution in [3.05, 3.63) is 6.33 Å². The first-order valence-electron chi connectivity index (χ1n) is 2.77. The molecule has 0 fully saturated rings. The maximum absolute atomic E-state index is 3.78. The molecular formula is C4H9N4Sn. The van der Waals surface area contributed by atoms with Gasteiger partial charge in [-0.05, 0) is 0 Å². The Kier molecular flexibility index (Phi) is 1.74. The summed E-state index contributed by atoms with van der Waals surface area (Å²) in [6, 6.07) is 0. The fourth-order valence-corrected chi connectivity index (χ4v) is 2.29. The molecule has 0 atom stereocenters. The second kappa shape index (κ2) is 2.24. The van der Waals surface area contributed by atoms with Crippen molar-refractivity contribution in [1.82, 2.24) is 18.4 Å². The molecule has 5 heteroatoms. The van der Waals surface area contributed by atoms with Gasteiger partial charge in [-0.3, -0.25) is 0 Å². The van der Waals surface area contributed by atoms with E-state index in [9.17, 15) is 0 Å². The molecule has 1 heterocycles. The first-order chi connectivity index (χ1) is 4.11. The van der Waals surface area contributed by atoms with Gasteiger partial charge < -0.3 is 0 Å². The Hall–Kier alpha value is -0.131. The van der Waals surface area contributed by atoms with Gasteiger partial charge in [0.25, 0.3) is 0 Å². The first-order valence-corrected chi connectivity index (χ1v) is 12.6. The third-order valence-electron chi connectivity index (χ3n) is 0.949. The molecule has 0 spiro atoms. The second-order valence-electron chi connectivity index (χ2n) is 2.86. The van der Waals surface area contributed by atoms with Crippen molar-refractivity contribution in [3.63, 3.8) is 0 Å². The van der Waals surface area contributed by atoms with Crippen molar-refractivity contribution < 1.29 is 0 Å². The maximum atomic E-state index is 3.78. The molecule has 0 aliphatic carbocycles. The fraction of sp³-hybridized carbons (Fsp3) is 0.750. The summed E-state index contributed by atoms with van der Waals surface area (Å²) in [6.07, 6.45) is 2.71. The third-order valence-corrected chi connectivity index (χ3v) is 5.12. The zero-order valence-electron chi connectivity index (χ0n) is 5.79. The third kappa shape index (κ3) is 1.64. The summed E-state index contributed by atoms with van der Waals surface area (Å²) in [5.41, 5.74) is 0. The van der Waals surface area contributed by atoms with Crippen LogP contribution in [0.2, 0.25) is 14.8 Å². The van der Waals surface area contributed by atoms with Crippen LogP contribution in [0.1, 0.15) is 0 Å². The van der Waals surface area contributed by atoms with Gasteiger partial charge in [0.15, 0.2) is 0 Å². The Bertz CT molecular complexity index is 175. The van der Waals surface area contributed by atoms with E-state index >= 15 is 0 Å². The van der Waals surface area contributed by atoms with Gasteiger partial charge in [0.2, 0.25) is 0 Å². The van der Waals surface area contributed by atoms with Gasteiger partial charge in [-0.25, -0.2) is 0 Å². The molecule has 1 aromatic rings. The fourth-order valence-electron chi connectivity index (χ4n) is 0.427. The second-order valence-corrected chi connectivity index (χ2v) is 16.5. The summed E-state index contributed by atoms with van der Waals surface area (Å²) in [5, 5.41) is 10.7. The molecule has 0 N–H and O–H groups in total. The van der Waals surface area contributed by atoms with E-state index in [0.717, 1.165) is 0 Å². The van der Waals surface area contributed by atoms with Crippen LogP contribution in [0.5, 0.6) is 0 Å². The van der Waals surface area contributed by atoms with Gasteiger partial charge in [-0.2, -0.15) is 0 Å². The van der Waals surface area contributed by atoms with Crippen LogP contribution in [-0.2, 0) is 0 Å². The van der Waals surface area contributed by atoms with Gasteiger partial charge >= 0.3 is 58.2 Å². The van der Waals surface area contributed by atoms with Crippen molar-refractivity contribution >= 4 is 18.7 Å². The number of tetrazole rings is 1. The molecule has 0 unspecified atom stereocenters. The van der Waals surface area contributed by atoms with Crippen molar-refractivity contribution in [2.75, 3.05) is 0 Å². The molecule has 1 aromatic heterocycles. The van der Waals surface area contributed by atoms with Crippen LogP contribution in [0.4, 0.5) is 0 Å². The van der Waals surface area contributed by atoms with Crippen molar-refractivity contribution in [1.29, 1.82) is 0 Å². The average molecular weight is 232 g/mol. The van der Waals surface area contributed by atoms with E-state index in [2.05, 4.69) is 36.7 Å². The zero-order chi connectivity index (χ0) is 6.91. The minimum atomic E-state index is -2.02.